The Morgan fingerprint density at radius 1 is 1.31 bits per heavy atom. The van der Waals surface area contributed by atoms with Gasteiger partial charge in [-0.25, -0.2) is 0 Å². The average molecular weight is 194 g/mol. The lowest BCUT2D eigenvalue weighted by molar-refractivity contribution is 1.21. The van der Waals surface area contributed by atoms with E-state index in [-0.39, 0.29) is 0 Å². The maximum absolute atomic E-state index is 2.26. The lowest BCUT2D eigenvalue weighted by atomic mass is 10.1. The molecule has 0 bridgehead atoms. The fraction of sp³-hybridized carbons (Fsp3) is 0.500. The normalized spacial score (nSPS) is 13.0. The van der Waals surface area contributed by atoms with Crippen LogP contribution in [-0.2, 0) is 0 Å². The Hall–Kier alpha value is -0.560. The fourth-order valence-electron chi connectivity index (χ4n) is 1.54. The molecule has 1 heteroatoms. The molecule has 0 spiro atoms. The lowest BCUT2D eigenvalue weighted by Crippen LogP contribution is -2.24. The van der Waals surface area contributed by atoms with Gasteiger partial charge in [0.15, 0.2) is 0 Å². The molecule has 1 aromatic rings. The third-order valence-corrected chi connectivity index (χ3v) is 3.65. The van der Waals surface area contributed by atoms with Crippen LogP contribution < -0.4 is 9.75 Å². The van der Waals surface area contributed by atoms with Crippen LogP contribution in [0, 0.1) is 6.92 Å². The number of hydrogen-bond acceptors (Lipinski definition) is 1. The first-order chi connectivity index (χ1) is 6.07. The van der Waals surface area contributed by atoms with Gasteiger partial charge < -0.3 is 0 Å². The monoisotopic (exact) mass is 194 g/mol. The highest BCUT2D eigenvalue weighted by atomic mass is 32.1. The smallest absolute Gasteiger partial charge is 0.0333 e. The highest BCUT2D eigenvalue weighted by Crippen LogP contribution is 2.01. The summed E-state index contributed by atoms with van der Waals surface area (Å²) in [7, 11) is 0. The Morgan fingerprint density at radius 3 is 2.38 bits per heavy atom. The number of hydrogen-bond donors (Lipinski definition) is 0. The SMILES string of the molecule is CC/C(C)=c1/scc(C)c1=C(C)C. The first kappa shape index (κ1) is 10.5. The zero-order valence-corrected chi connectivity index (χ0v) is 10.0. The van der Waals surface area contributed by atoms with E-state index in [1.807, 2.05) is 11.3 Å². The molecule has 0 N–H and O–H groups in total. The Morgan fingerprint density at radius 2 is 1.92 bits per heavy atom. The molecule has 0 aromatic carbocycles. The molecule has 0 aliphatic heterocycles. The van der Waals surface area contributed by atoms with E-state index in [0.29, 0.717) is 0 Å². The van der Waals surface area contributed by atoms with E-state index >= 15 is 0 Å². The van der Waals surface area contributed by atoms with Crippen molar-refractivity contribution in [3.05, 3.63) is 20.7 Å². The molecule has 0 aliphatic carbocycles. The Bertz CT molecular complexity index is 403. The Balaban J connectivity index is 3.70. The number of aryl methyl sites for hydroxylation is 1. The number of rotatable bonds is 1. The van der Waals surface area contributed by atoms with Gasteiger partial charge in [0, 0.05) is 4.53 Å². The fourth-order valence-corrected chi connectivity index (χ4v) is 2.78. The molecule has 1 aromatic heterocycles. The molecule has 0 radical (unpaired) electrons. The van der Waals surface area contributed by atoms with E-state index in [0.717, 1.165) is 6.42 Å². The van der Waals surface area contributed by atoms with Crippen LogP contribution in [0.25, 0.3) is 11.1 Å². The molecule has 72 valence electrons. The average Bonchev–Trinajstić information content (AvgIpc) is 2.45. The quantitative estimate of drug-likeness (QED) is 0.645. The van der Waals surface area contributed by atoms with E-state index in [2.05, 4.69) is 40.0 Å². The Labute approximate surface area is 84.6 Å². The zero-order valence-electron chi connectivity index (χ0n) is 9.19. The number of thiophene rings is 1. The van der Waals surface area contributed by atoms with Crippen molar-refractivity contribution < 1.29 is 0 Å². The first-order valence-corrected chi connectivity index (χ1v) is 5.67. The molecule has 0 saturated heterocycles. The summed E-state index contributed by atoms with van der Waals surface area (Å²) < 4.78 is 1.49. The second-order valence-corrected chi connectivity index (χ2v) is 4.64. The minimum atomic E-state index is 1.15. The standard InChI is InChI=1S/C12H18S/c1-6-9(4)12-11(8(2)3)10(5)7-13-12/h7H,6H2,1-5H3/b12-9+. The van der Waals surface area contributed by atoms with Gasteiger partial charge >= 0.3 is 0 Å². The molecule has 1 heterocycles. The van der Waals surface area contributed by atoms with Crippen LogP contribution in [-0.4, -0.2) is 0 Å². The van der Waals surface area contributed by atoms with Crippen LogP contribution in [0.3, 0.4) is 0 Å². The molecule has 13 heavy (non-hydrogen) atoms. The van der Waals surface area contributed by atoms with Crippen molar-refractivity contribution in [2.75, 3.05) is 0 Å². The summed E-state index contributed by atoms with van der Waals surface area (Å²) in [5.41, 5.74) is 4.36. The molecule has 0 nitrogen and oxygen atoms in total. The van der Waals surface area contributed by atoms with Crippen LogP contribution in [0.5, 0.6) is 0 Å². The minimum absolute atomic E-state index is 1.15. The van der Waals surface area contributed by atoms with Crippen molar-refractivity contribution >= 4 is 22.5 Å². The van der Waals surface area contributed by atoms with Gasteiger partial charge in [-0.2, -0.15) is 0 Å². The second kappa shape index (κ2) is 4.10. The summed E-state index contributed by atoms with van der Waals surface area (Å²) >= 11 is 1.88. The van der Waals surface area contributed by atoms with Gasteiger partial charge in [-0.3, -0.25) is 0 Å². The summed E-state index contributed by atoms with van der Waals surface area (Å²) in [5.74, 6) is 0. The van der Waals surface area contributed by atoms with Crippen LogP contribution in [0.1, 0.15) is 39.7 Å². The van der Waals surface area contributed by atoms with Crippen LogP contribution in [0.2, 0.25) is 0 Å². The van der Waals surface area contributed by atoms with Crippen LogP contribution >= 0.6 is 11.3 Å². The molecule has 0 amide bonds. The van der Waals surface area contributed by atoms with Crippen molar-refractivity contribution in [2.24, 2.45) is 0 Å². The summed E-state index contributed by atoms with van der Waals surface area (Å²) in [6, 6.07) is 0. The van der Waals surface area contributed by atoms with E-state index in [4.69, 9.17) is 0 Å². The summed E-state index contributed by atoms with van der Waals surface area (Å²) in [5, 5.41) is 3.74. The van der Waals surface area contributed by atoms with E-state index in [1.165, 1.54) is 26.5 Å². The lowest BCUT2D eigenvalue weighted by Gasteiger charge is -1.94. The van der Waals surface area contributed by atoms with Gasteiger partial charge in [-0.1, -0.05) is 18.1 Å². The van der Waals surface area contributed by atoms with Gasteiger partial charge in [0.25, 0.3) is 0 Å². The molecular weight excluding hydrogens is 176 g/mol. The minimum Gasteiger partial charge on any atom is -0.144 e. The largest absolute Gasteiger partial charge is 0.144 e. The first-order valence-electron chi connectivity index (χ1n) is 4.79. The van der Waals surface area contributed by atoms with Gasteiger partial charge in [0.05, 0.1) is 0 Å². The maximum atomic E-state index is 2.26. The summed E-state index contributed by atoms with van der Waals surface area (Å²) in [4.78, 5) is 0. The van der Waals surface area contributed by atoms with Crippen molar-refractivity contribution in [3.8, 4) is 0 Å². The van der Waals surface area contributed by atoms with Crippen molar-refractivity contribution in [3.63, 3.8) is 0 Å². The summed E-state index contributed by atoms with van der Waals surface area (Å²) in [6.45, 7) is 11.0. The molecule has 0 unspecified atom stereocenters. The molecular formula is C12H18S. The summed E-state index contributed by atoms with van der Waals surface area (Å²) in [6.07, 6.45) is 1.15. The van der Waals surface area contributed by atoms with Crippen molar-refractivity contribution in [2.45, 2.75) is 41.0 Å². The highest BCUT2D eigenvalue weighted by Gasteiger charge is 1.98. The third-order valence-electron chi connectivity index (χ3n) is 2.39. The van der Waals surface area contributed by atoms with Crippen LogP contribution in [0.15, 0.2) is 5.38 Å². The molecule has 0 aliphatic rings. The van der Waals surface area contributed by atoms with Crippen molar-refractivity contribution in [1.29, 1.82) is 0 Å². The van der Waals surface area contributed by atoms with E-state index < -0.39 is 0 Å². The van der Waals surface area contributed by atoms with Gasteiger partial charge in [0.2, 0.25) is 0 Å². The van der Waals surface area contributed by atoms with Gasteiger partial charge in [-0.15, -0.1) is 11.3 Å². The van der Waals surface area contributed by atoms with Gasteiger partial charge in [0.1, 0.15) is 0 Å². The van der Waals surface area contributed by atoms with E-state index in [1.54, 1.807) is 0 Å². The van der Waals surface area contributed by atoms with Crippen molar-refractivity contribution in [1.82, 2.24) is 0 Å². The highest BCUT2D eigenvalue weighted by molar-refractivity contribution is 7.08. The zero-order chi connectivity index (χ0) is 10.0. The molecule has 1 rings (SSSR count). The topological polar surface area (TPSA) is 0 Å². The molecule has 0 atom stereocenters. The molecule has 0 saturated carbocycles. The van der Waals surface area contributed by atoms with Gasteiger partial charge in [-0.05, 0) is 50.3 Å². The maximum Gasteiger partial charge on any atom is 0.0333 e. The third kappa shape index (κ3) is 2.02. The second-order valence-electron chi connectivity index (χ2n) is 3.76. The van der Waals surface area contributed by atoms with E-state index in [9.17, 15) is 0 Å². The van der Waals surface area contributed by atoms with Crippen LogP contribution in [0.4, 0.5) is 0 Å². The predicted molar refractivity (Wildman–Crippen MR) is 62.4 cm³/mol. The Kier molecular flexibility index (Phi) is 3.32. The molecule has 0 fully saturated rings. The predicted octanol–water partition coefficient (Wildman–Crippen LogP) is 2.83.